The molecule has 1 aliphatic rings. The van der Waals surface area contributed by atoms with Gasteiger partial charge in [-0.2, -0.15) is 23.4 Å². The summed E-state index contributed by atoms with van der Waals surface area (Å²) in [5.41, 5.74) is 3.38. The minimum absolute atomic E-state index is 0.345. The fourth-order valence-corrected chi connectivity index (χ4v) is 3.51. The smallest absolute Gasteiger partial charge is 0.475 e. The molecule has 198 valence electrons. The molecule has 0 bridgehead atoms. The standard InChI is InChI=1S/C24H17FN6O.C2HF3O2/c25-19-6-2-5-18(15-19)22-11-13-28-31(22)24(32)29-20-7-1-4-17(14-20)9-10-21-16-26-23-8-3-12-27-30(21)23;3-2(4,5)1(6)7/h1-8,12-16,22H,11H2,(H,29,32);(H,6,7)/t22-;/m1./s1. The number of aromatic nitrogens is 3. The highest BCUT2D eigenvalue weighted by Crippen LogP contribution is 2.29. The summed E-state index contributed by atoms with van der Waals surface area (Å²) >= 11 is 0. The summed E-state index contributed by atoms with van der Waals surface area (Å²) in [7, 11) is 0. The number of carbonyl (C=O) groups is 2. The lowest BCUT2D eigenvalue weighted by molar-refractivity contribution is -0.192. The molecule has 2 N–H and O–H groups in total. The van der Waals surface area contributed by atoms with Gasteiger partial charge in [-0.1, -0.05) is 24.1 Å². The number of alkyl halides is 3. The maximum absolute atomic E-state index is 13.6. The van der Waals surface area contributed by atoms with Gasteiger partial charge in [0, 0.05) is 30.1 Å². The van der Waals surface area contributed by atoms with E-state index in [9.17, 15) is 22.4 Å². The number of carboxylic acid groups (broad SMARTS) is 1. The van der Waals surface area contributed by atoms with Crippen LogP contribution in [0.15, 0.2) is 78.2 Å². The minimum Gasteiger partial charge on any atom is -0.475 e. The quantitative estimate of drug-likeness (QED) is 0.280. The Hall–Kier alpha value is -5.25. The summed E-state index contributed by atoms with van der Waals surface area (Å²) in [6.07, 6.45) is 0.434. The number of hydrazone groups is 1. The van der Waals surface area contributed by atoms with Crippen molar-refractivity contribution in [3.63, 3.8) is 0 Å². The lowest BCUT2D eigenvalue weighted by atomic mass is 10.0. The molecule has 1 aliphatic heterocycles. The fraction of sp³-hybridized carbons (Fsp3) is 0.115. The molecule has 13 heteroatoms. The van der Waals surface area contributed by atoms with E-state index in [0.29, 0.717) is 23.4 Å². The summed E-state index contributed by atoms with van der Waals surface area (Å²) in [4.78, 5) is 26.0. The van der Waals surface area contributed by atoms with E-state index in [0.717, 1.165) is 11.2 Å². The number of nitrogens with zero attached hydrogens (tertiary/aromatic N) is 5. The van der Waals surface area contributed by atoms with Crippen LogP contribution in [0.5, 0.6) is 0 Å². The van der Waals surface area contributed by atoms with E-state index in [4.69, 9.17) is 9.90 Å². The first kappa shape index (κ1) is 26.8. The van der Waals surface area contributed by atoms with E-state index in [-0.39, 0.29) is 11.9 Å². The minimum atomic E-state index is -5.08. The summed E-state index contributed by atoms with van der Waals surface area (Å²) in [5.74, 6) is 3.03. The molecule has 3 heterocycles. The van der Waals surface area contributed by atoms with E-state index in [2.05, 4.69) is 32.3 Å². The number of hydrogen-bond donors (Lipinski definition) is 2. The van der Waals surface area contributed by atoms with Gasteiger partial charge < -0.3 is 10.4 Å². The molecule has 39 heavy (non-hydrogen) atoms. The van der Waals surface area contributed by atoms with Crippen molar-refractivity contribution < 1.29 is 32.3 Å². The van der Waals surface area contributed by atoms with Gasteiger partial charge in [-0.3, -0.25) is 0 Å². The predicted molar refractivity (Wildman–Crippen MR) is 132 cm³/mol. The van der Waals surface area contributed by atoms with Crippen LogP contribution in [0.2, 0.25) is 0 Å². The van der Waals surface area contributed by atoms with Crippen LogP contribution >= 0.6 is 0 Å². The van der Waals surface area contributed by atoms with Gasteiger partial charge in [0.1, 0.15) is 11.5 Å². The number of urea groups is 1. The second-order valence-electron chi connectivity index (χ2n) is 7.95. The van der Waals surface area contributed by atoms with E-state index in [1.165, 1.54) is 17.1 Å². The average Bonchev–Trinajstić information content (AvgIpc) is 3.55. The highest BCUT2D eigenvalue weighted by atomic mass is 19.4. The van der Waals surface area contributed by atoms with Crippen molar-refractivity contribution in [1.29, 1.82) is 0 Å². The monoisotopic (exact) mass is 538 g/mol. The number of halogens is 4. The third-order valence-electron chi connectivity index (χ3n) is 5.24. The summed E-state index contributed by atoms with van der Waals surface area (Å²) in [5, 5.41) is 19.7. The highest BCUT2D eigenvalue weighted by Gasteiger charge is 2.38. The molecule has 0 unspecified atom stereocenters. The Bertz CT molecular complexity index is 1610. The zero-order chi connectivity index (χ0) is 28.0. The largest absolute Gasteiger partial charge is 0.490 e. The van der Waals surface area contributed by atoms with Crippen LogP contribution < -0.4 is 5.32 Å². The third-order valence-corrected chi connectivity index (χ3v) is 5.24. The second kappa shape index (κ2) is 11.4. The Morgan fingerprint density at radius 3 is 2.56 bits per heavy atom. The SMILES string of the molecule is O=C(Nc1cccc(C#Cc2cnc3cccnn23)c1)N1N=CC[C@@H]1c1cccc(F)c1.O=C(O)C(F)(F)F. The van der Waals surface area contributed by atoms with Gasteiger partial charge in [0.25, 0.3) is 0 Å². The van der Waals surface area contributed by atoms with Crippen molar-refractivity contribution in [2.24, 2.45) is 5.10 Å². The second-order valence-corrected chi connectivity index (χ2v) is 7.95. The maximum atomic E-state index is 13.6. The number of rotatable bonds is 2. The van der Waals surface area contributed by atoms with Gasteiger partial charge in [-0.05, 0) is 53.9 Å². The van der Waals surface area contributed by atoms with Crippen molar-refractivity contribution in [3.05, 3.63) is 95.7 Å². The van der Waals surface area contributed by atoms with Gasteiger partial charge >= 0.3 is 18.2 Å². The number of amides is 2. The van der Waals surface area contributed by atoms with E-state index in [1.807, 2.05) is 24.3 Å². The van der Waals surface area contributed by atoms with Crippen molar-refractivity contribution in [2.75, 3.05) is 5.32 Å². The molecule has 2 aromatic heterocycles. The molecule has 4 aromatic rings. The van der Waals surface area contributed by atoms with Gasteiger partial charge in [0.05, 0.1) is 12.2 Å². The van der Waals surface area contributed by atoms with Gasteiger partial charge in [0.2, 0.25) is 0 Å². The molecule has 0 fully saturated rings. The molecule has 0 aliphatic carbocycles. The number of imidazole rings is 1. The first-order chi connectivity index (χ1) is 18.6. The topological polar surface area (TPSA) is 112 Å². The number of hydrogen-bond acceptors (Lipinski definition) is 5. The lowest BCUT2D eigenvalue weighted by Crippen LogP contribution is -2.31. The molecule has 5 rings (SSSR count). The van der Waals surface area contributed by atoms with E-state index >= 15 is 0 Å². The number of benzene rings is 2. The summed E-state index contributed by atoms with van der Waals surface area (Å²) in [6, 6.07) is 16.3. The molecule has 2 amide bonds. The molecule has 0 saturated carbocycles. The van der Waals surface area contributed by atoms with Crippen LogP contribution in [-0.4, -0.2) is 49.1 Å². The summed E-state index contributed by atoms with van der Waals surface area (Å²) < 4.78 is 47.0. The van der Waals surface area contributed by atoms with Crippen molar-refractivity contribution in [3.8, 4) is 11.8 Å². The Morgan fingerprint density at radius 2 is 1.82 bits per heavy atom. The highest BCUT2D eigenvalue weighted by molar-refractivity contribution is 5.91. The third kappa shape index (κ3) is 6.75. The maximum Gasteiger partial charge on any atom is 0.490 e. The number of carbonyl (C=O) groups excluding carboxylic acids is 1. The molecular formula is C26H18F4N6O3. The first-order valence-corrected chi connectivity index (χ1v) is 11.2. The van der Waals surface area contributed by atoms with Crippen LogP contribution in [0.4, 0.5) is 28.0 Å². The Morgan fingerprint density at radius 1 is 1.05 bits per heavy atom. The Balaban J connectivity index is 0.000000448. The van der Waals surface area contributed by atoms with Crippen molar-refractivity contribution in [2.45, 2.75) is 18.6 Å². The number of anilines is 1. The predicted octanol–water partition coefficient (Wildman–Crippen LogP) is 4.87. The normalized spacial score (nSPS) is 14.3. The van der Waals surface area contributed by atoms with Crippen LogP contribution in [-0.2, 0) is 4.79 Å². The fourth-order valence-electron chi connectivity index (χ4n) is 3.51. The molecule has 2 aromatic carbocycles. The number of carboxylic acids is 1. The zero-order valence-corrected chi connectivity index (χ0v) is 19.8. The lowest BCUT2D eigenvalue weighted by Gasteiger charge is -2.22. The summed E-state index contributed by atoms with van der Waals surface area (Å²) in [6.45, 7) is 0. The molecular weight excluding hydrogens is 520 g/mol. The van der Waals surface area contributed by atoms with E-state index < -0.39 is 18.2 Å². The number of nitrogens with one attached hydrogen (secondary N) is 1. The van der Waals surface area contributed by atoms with Crippen molar-refractivity contribution in [1.82, 2.24) is 19.6 Å². The molecule has 0 saturated heterocycles. The number of aliphatic carboxylic acids is 1. The van der Waals surface area contributed by atoms with Crippen LogP contribution in [0, 0.1) is 17.7 Å². The van der Waals surface area contributed by atoms with Crippen LogP contribution in [0.3, 0.4) is 0 Å². The van der Waals surface area contributed by atoms with Gasteiger partial charge in [-0.25, -0.2) is 28.5 Å². The van der Waals surface area contributed by atoms with Gasteiger partial charge in [0.15, 0.2) is 5.65 Å². The molecule has 1 atom stereocenters. The Labute approximate surface area is 218 Å². The van der Waals surface area contributed by atoms with Gasteiger partial charge in [-0.15, -0.1) is 0 Å². The number of fused-ring (bicyclic) bond motifs is 1. The first-order valence-electron chi connectivity index (χ1n) is 11.2. The van der Waals surface area contributed by atoms with E-state index in [1.54, 1.807) is 47.4 Å². The van der Waals surface area contributed by atoms with Crippen LogP contribution in [0.25, 0.3) is 5.65 Å². The average molecular weight is 538 g/mol. The molecule has 0 spiro atoms. The Kier molecular flexibility index (Phi) is 7.85. The molecule has 0 radical (unpaired) electrons. The zero-order valence-electron chi connectivity index (χ0n) is 19.8. The molecule has 9 nitrogen and oxygen atoms in total. The van der Waals surface area contributed by atoms with Crippen LogP contribution in [0.1, 0.15) is 29.3 Å². The van der Waals surface area contributed by atoms with Crippen molar-refractivity contribution >= 4 is 29.5 Å².